The topological polar surface area (TPSA) is 54.7 Å². The second kappa shape index (κ2) is 7.63. The van der Waals surface area contributed by atoms with E-state index in [4.69, 9.17) is 27.9 Å². The molecule has 3 aromatic rings. The van der Waals surface area contributed by atoms with Crippen molar-refractivity contribution in [1.29, 1.82) is 0 Å². The van der Waals surface area contributed by atoms with E-state index < -0.39 is 11.7 Å². The summed E-state index contributed by atoms with van der Waals surface area (Å²) in [6.45, 7) is 8.31. The highest BCUT2D eigenvalue weighted by atomic mass is 35.5. The molecule has 0 radical (unpaired) electrons. The third-order valence-corrected chi connectivity index (χ3v) is 6.07. The van der Waals surface area contributed by atoms with Crippen molar-refractivity contribution in [2.24, 2.45) is 5.92 Å². The number of hydrogen-bond donors (Lipinski definition) is 1. The van der Waals surface area contributed by atoms with Gasteiger partial charge in [-0.05, 0) is 57.2 Å². The molecular weight excluding hydrogens is 423 g/mol. The van der Waals surface area contributed by atoms with Crippen LogP contribution in [0.5, 0.6) is 0 Å². The van der Waals surface area contributed by atoms with E-state index in [1.165, 1.54) is 0 Å². The smallest absolute Gasteiger partial charge is 0.410 e. The SMILES string of the molecule is C[C@@H]1CN(C(=O)OC(C)(C)C)C[C@H](n2c3ccc(Cl)cc3c3cc(Cl)ccc32)[C@H]1O. The molecule has 7 heteroatoms. The first-order valence-electron chi connectivity index (χ1n) is 10.1. The Labute approximate surface area is 186 Å². The molecule has 3 atom stereocenters. The minimum Gasteiger partial charge on any atom is -0.444 e. The van der Waals surface area contributed by atoms with Crippen LogP contribution in [0.1, 0.15) is 33.7 Å². The van der Waals surface area contributed by atoms with Crippen LogP contribution >= 0.6 is 23.2 Å². The van der Waals surface area contributed by atoms with Gasteiger partial charge in [0.15, 0.2) is 0 Å². The second-order valence-corrected chi connectivity index (χ2v) is 9.99. The van der Waals surface area contributed by atoms with Crippen LogP contribution in [0, 0.1) is 5.92 Å². The highest BCUT2D eigenvalue weighted by Gasteiger charge is 2.39. The fourth-order valence-corrected chi connectivity index (χ4v) is 4.65. The summed E-state index contributed by atoms with van der Waals surface area (Å²) in [6, 6.07) is 11.1. The van der Waals surface area contributed by atoms with Gasteiger partial charge in [0.1, 0.15) is 5.60 Å². The van der Waals surface area contributed by atoms with E-state index in [0.717, 1.165) is 21.8 Å². The Hall–Kier alpha value is -1.95. The molecule has 5 nitrogen and oxygen atoms in total. The van der Waals surface area contributed by atoms with Gasteiger partial charge in [-0.25, -0.2) is 4.79 Å². The number of carbonyl (C=O) groups is 1. The van der Waals surface area contributed by atoms with Gasteiger partial charge in [-0.15, -0.1) is 0 Å². The number of halogens is 2. The normalized spacial score (nSPS) is 22.6. The van der Waals surface area contributed by atoms with Crippen molar-refractivity contribution >= 4 is 51.1 Å². The number of nitrogens with zero attached hydrogens (tertiary/aromatic N) is 2. The summed E-state index contributed by atoms with van der Waals surface area (Å²) in [5.41, 5.74) is 1.31. The van der Waals surface area contributed by atoms with Crippen molar-refractivity contribution in [3.63, 3.8) is 0 Å². The highest BCUT2D eigenvalue weighted by Crippen LogP contribution is 2.38. The summed E-state index contributed by atoms with van der Waals surface area (Å²) in [5, 5.41) is 14.3. The van der Waals surface area contributed by atoms with Crippen LogP contribution in [0.4, 0.5) is 4.79 Å². The van der Waals surface area contributed by atoms with Gasteiger partial charge >= 0.3 is 6.09 Å². The van der Waals surface area contributed by atoms with Crippen LogP contribution in [0.25, 0.3) is 21.8 Å². The molecule has 1 amide bonds. The molecule has 160 valence electrons. The number of aromatic nitrogens is 1. The molecule has 4 rings (SSSR count). The molecule has 2 aromatic carbocycles. The lowest BCUT2D eigenvalue weighted by molar-refractivity contribution is -0.0260. The van der Waals surface area contributed by atoms with Gasteiger partial charge in [0.25, 0.3) is 0 Å². The lowest BCUT2D eigenvalue weighted by atomic mass is 9.92. The predicted octanol–water partition coefficient (Wildman–Crippen LogP) is 5.89. The van der Waals surface area contributed by atoms with Crippen LogP contribution in [0.15, 0.2) is 36.4 Å². The summed E-state index contributed by atoms with van der Waals surface area (Å²) >= 11 is 12.5. The number of likely N-dealkylation sites (tertiary alicyclic amines) is 1. The first kappa shape index (κ1) is 21.3. The van der Waals surface area contributed by atoms with E-state index in [-0.39, 0.29) is 18.1 Å². The molecule has 1 aromatic heterocycles. The maximum atomic E-state index is 12.8. The lowest BCUT2D eigenvalue weighted by Gasteiger charge is -2.41. The first-order valence-corrected chi connectivity index (χ1v) is 10.9. The van der Waals surface area contributed by atoms with Gasteiger partial charge in [0, 0.05) is 50.9 Å². The molecule has 1 N–H and O–H groups in total. The van der Waals surface area contributed by atoms with Gasteiger partial charge in [0.2, 0.25) is 0 Å². The molecule has 1 fully saturated rings. The average molecular weight is 449 g/mol. The Balaban J connectivity index is 1.84. The third-order valence-electron chi connectivity index (χ3n) is 5.60. The van der Waals surface area contributed by atoms with E-state index in [9.17, 15) is 9.90 Å². The summed E-state index contributed by atoms with van der Waals surface area (Å²) in [6.07, 6.45) is -0.980. The molecular formula is C23H26Cl2N2O3. The molecule has 0 saturated carbocycles. The Morgan fingerprint density at radius 3 is 2.07 bits per heavy atom. The van der Waals surface area contributed by atoms with Crippen molar-refractivity contribution in [3.8, 4) is 0 Å². The van der Waals surface area contributed by atoms with E-state index in [2.05, 4.69) is 4.57 Å². The Kier molecular flexibility index (Phi) is 5.41. The number of fused-ring (bicyclic) bond motifs is 3. The van der Waals surface area contributed by atoms with E-state index >= 15 is 0 Å². The maximum Gasteiger partial charge on any atom is 0.410 e. The standard InChI is InChI=1S/C23H26Cl2N2O3/c1-13-11-26(22(29)30-23(2,3)4)12-20(21(13)28)27-18-7-5-14(24)9-16(18)17-10-15(25)6-8-19(17)27/h5-10,13,20-21,28H,11-12H2,1-4H3/t13-,20+,21+/m1/s1. The largest absolute Gasteiger partial charge is 0.444 e. The van der Waals surface area contributed by atoms with Gasteiger partial charge in [-0.1, -0.05) is 30.1 Å². The van der Waals surface area contributed by atoms with Crippen molar-refractivity contribution in [3.05, 3.63) is 46.4 Å². The number of aliphatic hydroxyl groups excluding tert-OH is 1. The van der Waals surface area contributed by atoms with Crippen molar-refractivity contribution in [2.75, 3.05) is 13.1 Å². The van der Waals surface area contributed by atoms with Gasteiger partial charge in [-0.3, -0.25) is 0 Å². The Bertz CT molecular complexity index is 1060. The van der Waals surface area contributed by atoms with Crippen molar-refractivity contribution in [1.82, 2.24) is 9.47 Å². The summed E-state index contributed by atoms with van der Waals surface area (Å²) in [7, 11) is 0. The maximum absolute atomic E-state index is 12.8. The molecule has 30 heavy (non-hydrogen) atoms. The Morgan fingerprint density at radius 1 is 1.03 bits per heavy atom. The third kappa shape index (κ3) is 3.86. The van der Waals surface area contributed by atoms with E-state index in [0.29, 0.717) is 23.1 Å². The number of ether oxygens (including phenoxy) is 1. The predicted molar refractivity (Wildman–Crippen MR) is 121 cm³/mol. The zero-order valence-corrected chi connectivity index (χ0v) is 19.0. The minimum absolute atomic E-state index is 0.108. The fourth-order valence-electron chi connectivity index (χ4n) is 4.31. The second-order valence-electron chi connectivity index (χ2n) is 9.11. The van der Waals surface area contributed by atoms with Gasteiger partial charge in [0.05, 0.1) is 12.1 Å². The molecule has 2 heterocycles. The number of aliphatic hydroxyl groups is 1. The van der Waals surface area contributed by atoms with Crippen molar-refractivity contribution < 1.29 is 14.6 Å². The van der Waals surface area contributed by atoms with Crippen LogP contribution in [-0.2, 0) is 4.74 Å². The zero-order valence-electron chi connectivity index (χ0n) is 17.5. The highest BCUT2D eigenvalue weighted by molar-refractivity contribution is 6.33. The van der Waals surface area contributed by atoms with E-state index in [1.807, 2.05) is 64.1 Å². The molecule has 1 aliphatic rings. The quantitative estimate of drug-likeness (QED) is 0.504. The van der Waals surface area contributed by atoms with Crippen LogP contribution in [0.2, 0.25) is 10.0 Å². The average Bonchev–Trinajstić information content (AvgIpc) is 2.95. The number of rotatable bonds is 1. The van der Waals surface area contributed by atoms with Crippen LogP contribution in [0.3, 0.4) is 0 Å². The van der Waals surface area contributed by atoms with Crippen LogP contribution < -0.4 is 0 Å². The number of hydrogen-bond acceptors (Lipinski definition) is 3. The Morgan fingerprint density at radius 2 is 1.57 bits per heavy atom. The molecule has 1 aliphatic heterocycles. The number of piperidine rings is 1. The zero-order chi connectivity index (χ0) is 21.8. The van der Waals surface area contributed by atoms with E-state index in [1.54, 1.807) is 4.90 Å². The monoisotopic (exact) mass is 448 g/mol. The molecule has 0 spiro atoms. The van der Waals surface area contributed by atoms with Crippen molar-refractivity contribution in [2.45, 2.75) is 45.4 Å². The van der Waals surface area contributed by atoms with Gasteiger partial charge < -0.3 is 19.3 Å². The summed E-state index contributed by atoms with van der Waals surface area (Å²) < 4.78 is 7.70. The number of benzene rings is 2. The molecule has 0 aliphatic carbocycles. The molecule has 0 bridgehead atoms. The number of amides is 1. The summed E-state index contributed by atoms with van der Waals surface area (Å²) in [5.74, 6) is -0.108. The minimum atomic E-state index is -0.617. The lowest BCUT2D eigenvalue weighted by Crippen LogP contribution is -2.52. The summed E-state index contributed by atoms with van der Waals surface area (Å²) in [4.78, 5) is 14.5. The fraction of sp³-hybridized carbons (Fsp3) is 0.435. The number of carbonyl (C=O) groups excluding carboxylic acids is 1. The molecule has 0 unspecified atom stereocenters. The van der Waals surface area contributed by atoms with Crippen LogP contribution in [-0.4, -0.2) is 45.5 Å². The first-order chi connectivity index (χ1) is 14.0. The van der Waals surface area contributed by atoms with Gasteiger partial charge in [-0.2, -0.15) is 0 Å². The molecule has 1 saturated heterocycles.